The molecule has 9 heteroatoms. The second-order valence-corrected chi connectivity index (χ2v) is 7.87. The molecule has 1 aromatic rings. The van der Waals surface area contributed by atoms with Gasteiger partial charge in [0.2, 0.25) is 10.0 Å². The molecule has 26 heavy (non-hydrogen) atoms. The van der Waals surface area contributed by atoms with Crippen LogP contribution in [0.2, 0.25) is 0 Å². The van der Waals surface area contributed by atoms with E-state index in [1.54, 1.807) is 26.0 Å². The highest BCUT2D eigenvalue weighted by Gasteiger charge is 2.39. The Morgan fingerprint density at radius 3 is 2.15 bits per heavy atom. The van der Waals surface area contributed by atoms with E-state index in [9.17, 15) is 18.0 Å². The highest BCUT2D eigenvalue weighted by Crippen LogP contribution is 2.26. The van der Waals surface area contributed by atoms with Crippen LogP contribution in [0.1, 0.15) is 27.7 Å². The lowest BCUT2D eigenvalue weighted by Crippen LogP contribution is -2.42. The summed E-state index contributed by atoms with van der Waals surface area (Å²) < 4.78 is 36.8. The number of carbonyl (C=O) groups excluding carboxylic acids is 2. The third-order valence-electron chi connectivity index (χ3n) is 3.70. The van der Waals surface area contributed by atoms with E-state index in [1.807, 2.05) is 0 Å². The fourth-order valence-corrected chi connectivity index (χ4v) is 4.06. The molecule has 0 saturated carbocycles. The summed E-state index contributed by atoms with van der Waals surface area (Å²) in [6, 6.07) is 6.23. The van der Waals surface area contributed by atoms with E-state index in [4.69, 9.17) is 9.47 Å². The summed E-state index contributed by atoms with van der Waals surface area (Å²) in [6.07, 6.45) is 1.09. The molecule has 0 spiro atoms. The summed E-state index contributed by atoms with van der Waals surface area (Å²) in [4.78, 5) is 24.0. The van der Waals surface area contributed by atoms with Crippen molar-refractivity contribution in [3.05, 3.63) is 36.0 Å². The Balaban J connectivity index is 2.35. The Labute approximate surface area is 152 Å². The molecule has 1 aliphatic rings. The molecule has 1 aromatic carbocycles. The van der Waals surface area contributed by atoms with Crippen LogP contribution in [0, 0.1) is 0 Å². The van der Waals surface area contributed by atoms with Crippen molar-refractivity contribution in [2.75, 3.05) is 18.4 Å². The highest BCUT2D eigenvalue weighted by atomic mass is 32.2. The van der Waals surface area contributed by atoms with Gasteiger partial charge in [-0.2, -0.15) is 4.31 Å². The minimum absolute atomic E-state index is 0.0402. The van der Waals surface area contributed by atoms with Crippen molar-refractivity contribution in [1.29, 1.82) is 0 Å². The van der Waals surface area contributed by atoms with E-state index < -0.39 is 27.7 Å². The minimum Gasteiger partial charge on any atom is -0.419 e. The van der Waals surface area contributed by atoms with Crippen molar-refractivity contribution in [2.24, 2.45) is 0 Å². The lowest BCUT2D eigenvalue weighted by Gasteiger charge is -2.29. The molecular weight excluding hydrogens is 360 g/mol. The van der Waals surface area contributed by atoms with Crippen LogP contribution in [0.3, 0.4) is 0 Å². The van der Waals surface area contributed by atoms with Gasteiger partial charge in [0.05, 0.1) is 5.69 Å². The summed E-state index contributed by atoms with van der Waals surface area (Å²) >= 11 is 0. The molecule has 1 heterocycles. The number of benzene rings is 1. The first-order valence-electron chi connectivity index (χ1n) is 8.15. The van der Waals surface area contributed by atoms with Crippen LogP contribution in [0.5, 0.6) is 0 Å². The second kappa shape index (κ2) is 7.46. The molecule has 142 valence electrons. The molecule has 1 fully saturated rings. The van der Waals surface area contributed by atoms with Crippen LogP contribution in [-0.4, -0.2) is 43.5 Å². The van der Waals surface area contributed by atoms with Crippen molar-refractivity contribution in [3.63, 3.8) is 0 Å². The Morgan fingerprint density at radius 1 is 1.08 bits per heavy atom. The quantitative estimate of drug-likeness (QED) is 0.455. The van der Waals surface area contributed by atoms with Crippen molar-refractivity contribution >= 4 is 27.6 Å². The molecule has 1 aliphatic heterocycles. The molecule has 1 N–H and O–H groups in total. The Morgan fingerprint density at radius 2 is 1.62 bits per heavy atom. The molecule has 8 nitrogen and oxygen atoms in total. The predicted octanol–water partition coefficient (Wildman–Crippen LogP) is 1.85. The monoisotopic (exact) mass is 382 g/mol. The topological polar surface area (TPSA) is 102 Å². The van der Waals surface area contributed by atoms with Gasteiger partial charge in [-0.05, 0) is 12.1 Å². The molecule has 0 atom stereocenters. The summed E-state index contributed by atoms with van der Waals surface area (Å²) in [5.74, 6) is -3.03. The first kappa shape index (κ1) is 19.9. The molecule has 2 rings (SSSR count). The predicted molar refractivity (Wildman–Crippen MR) is 94.5 cm³/mol. The SMILES string of the molecule is CCN(CC)S(=O)(=O)c1ccccc1NC=C1C(=O)OC(C)(C)OC1=O. The van der Waals surface area contributed by atoms with Gasteiger partial charge in [-0.25, -0.2) is 18.0 Å². The van der Waals surface area contributed by atoms with Crippen LogP contribution in [0.4, 0.5) is 5.69 Å². The van der Waals surface area contributed by atoms with Gasteiger partial charge >= 0.3 is 11.9 Å². The third-order valence-corrected chi connectivity index (χ3v) is 5.81. The number of hydrogen-bond donors (Lipinski definition) is 1. The minimum atomic E-state index is -3.72. The summed E-state index contributed by atoms with van der Waals surface area (Å²) in [5, 5.41) is 2.71. The number of rotatable bonds is 6. The molecule has 0 unspecified atom stereocenters. The molecule has 0 aromatic heterocycles. The number of sulfonamides is 1. The van der Waals surface area contributed by atoms with Crippen molar-refractivity contribution in [2.45, 2.75) is 38.4 Å². The Kier molecular flexibility index (Phi) is 5.72. The molecule has 0 amide bonds. The Bertz CT molecular complexity index is 819. The van der Waals surface area contributed by atoms with E-state index >= 15 is 0 Å². The van der Waals surface area contributed by atoms with Gasteiger partial charge in [-0.15, -0.1) is 0 Å². The first-order valence-corrected chi connectivity index (χ1v) is 9.59. The number of anilines is 1. The van der Waals surface area contributed by atoms with E-state index in [1.165, 1.54) is 30.3 Å². The smallest absolute Gasteiger partial charge is 0.350 e. The first-order chi connectivity index (χ1) is 12.1. The van der Waals surface area contributed by atoms with Gasteiger partial charge in [0.25, 0.3) is 5.79 Å². The van der Waals surface area contributed by atoms with Gasteiger partial charge < -0.3 is 14.8 Å². The van der Waals surface area contributed by atoms with E-state index in [0.29, 0.717) is 13.1 Å². The molecule has 1 saturated heterocycles. The maximum absolute atomic E-state index is 12.8. The molecule has 0 bridgehead atoms. The zero-order chi connectivity index (χ0) is 19.5. The molecular formula is C17H22N2O6S. The number of hydrogen-bond acceptors (Lipinski definition) is 7. The maximum atomic E-state index is 12.8. The van der Waals surface area contributed by atoms with Gasteiger partial charge in [0.1, 0.15) is 4.90 Å². The molecule has 0 radical (unpaired) electrons. The van der Waals surface area contributed by atoms with E-state index in [2.05, 4.69) is 5.32 Å². The standard InChI is InChI=1S/C17H22N2O6S/c1-5-19(6-2)26(22,23)14-10-8-7-9-13(14)18-11-12-15(20)24-17(3,4)25-16(12)21/h7-11,18H,5-6H2,1-4H3. The number of cyclic esters (lactones) is 2. The maximum Gasteiger partial charge on any atom is 0.350 e. The molecule has 0 aliphatic carbocycles. The summed E-state index contributed by atoms with van der Waals surface area (Å²) in [6.45, 7) is 7.02. The second-order valence-electron chi connectivity index (χ2n) is 5.97. The van der Waals surface area contributed by atoms with Crippen LogP contribution in [0.25, 0.3) is 0 Å². The summed E-state index contributed by atoms with van der Waals surface area (Å²) in [5.41, 5.74) is -0.114. The third kappa shape index (κ3) is 4.05. The normalized spacial score (nSPS) is 16.9. The van der Waals surface area contributed by atoms with E-state index in [0.717, 1.165) is 6.20 Å². The van der Waals surface area contributed by atoms with Crippen LogP contribution in [-0.2, 0) is 29.1 Å². The lowest BCUT2D eigenvalue weighted by atomic mass is 10.2. The van der Waals surface area contributed by atoms with Crippen molar-refractivity contribution in [1.82, 2.24) is 4.31 Å². The fraction of sp³-hybridized carbons (Fsp3) is 0.412. The number of carbonyl (C=O) groups is 2. The van der Waals surface area contributed by atoms with Gasteiger partial charge in [0, 0.05) is 33.1 Å². The number of ether oxygens (including phenoxy) is 2. The van der Waals surface area contributed by atoms with Crippen LogP contribution < -0.4 is 5.32 Å². The van der Waals surface area contributed by atoms with Crippen molar-refractivity contribution < 1.29 is 27.5 Å². The largest absolute Gasteiger partial charge is 0.419 e. The highest BCUT2D eigenvalue weighted by molar-refractivity contribution is 7.89. The van der Waals surface area contributed by atoms with Gasteiger partial charge in [0.15, 0.2) is 5.57 Å². The zero-order valence-corrected chi connectivity index (χ0v) is 15.9. The summed E-state index contributed by atoms with van der Waals surface area (Å²) in [7, 11) is -3.72. The number of nitrogens with zero attached hydrogens (tertiary/aromatic N) is 1. The number of nitrogens with one attached hydrogen (secondary N) is 1. The van der Waals surface area contributed by atoms with E-state index in [-0.39, 0.29) is 16.2 Å². The fourth-order valence-electron chi connectivity index (χ4n) is 2.44. The van der Waals surface area contributed by atoms with Gasteiger partial charge in [-0.1, -0.05) is 26.0 Å². The van der Waals surface area contributed by atoms with Crippen LogP contribution >= 0.6 is 0 Å². The number of para-hydroxylation sites is 1. The average molecular weight is 382 g/mol. The number of esters is 2. The van der Waals surface area contributed by atoms with Gasteiger partial charge in [-0.3, -0.25) is 0 Å². The Hall–Kier alpha value is -2.39. The lowest BCUT2D eigenvalue weighted by molar-refractivity contribution is -0.222. The van der Waals surface area contributed by atoms with Crippen LogP contribution in [0.15, 0.2) is 40.9 Å². The average Bonchev–Trinajstić information content (AvgIpc) is 2.54. The zero-order valence-electron chi connectivity index (χ0n) is 15.1. The van der Waals surface area contributed by atoms with Crippen molar-refractivity contribution in [3.8, 4) is 0 Å².